The molecule has 1 N–H and O–H groups in total. The number of phenolic OH excluding ortho intramolecular Hbond substituents is 1. The molecule has 0 atom stereocenters. The maximum atomic E-state index is 10.2. The van der Waals surface area contributed by atoms with Gasteiger partial charge in [-0.25, -0.2) is 0 Å². The second-order valence-electron chi connectivity index (χ2n) is 6.45. The minimum Gasteiger partial charge on any atom is -0.506 e. The van der Waals surface area contributed by atoms with Crippen molar-refractivity contribution in [2.75, 3.05) is 31.1 Å². The topological polar surface area (TPSA) is 26.7 Å². The highest BCUT2D eigenvalue weighted by molar-refractivity contribution is 9.11. The first kappa shape index (κ1) is 17.8. The van der Waals surface area contributed by atoms with Gasteiger partial charge in [-0.15, -0.1) is 0 Å². The van der Waals surface area contributed by atoms with Gasteiger partial charge in [0, 0.05) is 48.4 Å². The van der Waals surface area contributed by atoms with Gasteiger partial charge in [-0.2, -0.15) is 0 Å². The molecule has 3 nitrogen and oxygen atoms in total. The second kappa shape index (κ2) is 7.46. The van der Waals surface area contributed by atoms with Crippen molar-refractivity contribution < 1.29 is 5.11 Å². The van der Waals surface area contributed by atoms with E-state index in [1.54, 1.807) is 0 Å². The van der Waals surface area contributed by atoms with Crippen molar-refractivity contribution >= 4 is 37.5 Å². The second-order valence-corrected chi connectivity index (χ2v) is 8.22. The summed E-state index contributed by atoms with van der Waals surface area (Å²) in [4.78, 5) is 4.87. The molecule has 2 aromatic carbocycles. The van der Waals surface area contributed by atoms with E-state index >= 15 is 0 Å². The van der Waals surface area contributed by atoms with Crippen molar-refractivity contribution in [3.05, 3.63) is 56.0 Å². The normalized spacial score (nSPS) is 15.8. The van der Waals surface area contributed by atoms with Crippen LogP contribution in [0.2, 0.25) is 0 Å². The van der Waals surface area contributed by atoms with Gasteiger partial charge in [0.25, 0.3) is 0 Å². The highest BCUT2D eigenvalue weighted by Gasteiger charge is 2.20. The average molecular weight is 454 g/mol. The van der Waals surface area contributed by atoms with Gasteiger partial charge in [-0.05, 0) is 59.1 Å². The third-order valence-electron chi connectivity index (χ3n) is 4.58. The van der Waals surface area contributed by atoms with Crippen LogP contribution in [0.3, 0.4) is 0 Å². The lowest BCUT2D eigenvalue weighted by atomic mass is 10.1. The van der Waals surface area contributed by atoms with E-state index in [0.717, 1.165) is 47.2 Å². The summed E-state index contributed by atoms with van der Waals surface area (Å²) in [5, 5.41) is 10.2. The van der Waals surface area contributed by atoms with Gasteiger partial charge >= 0.3 is 0 Å². The largest absolute Gasteiger partial charge is 0.506 e. The number of benzene rings is 2. The Kier molecular flexibility index (Phi) is 5.52. The van der Waals surface area contributed by atoms with Crippen LogP contribution in [0.15, 0.2) is 39.3 Å². The van der Waals surface area contributed by atoms with Gasteiger partial charge in [0.2, 0.25) is 0 Å². The minimum absolute atomic E-state index is 0.343. The molecule has 3 rings (SSSR count). The van der Waals surface area contributed by atoms with E-state index in [-0.39, 0.29) is 0 Å². The van der Waals surface area contributed by atoms with Gasteiger partial charge in [-0.1, -0.05) is 28.1 Å². The molecular weight excluding hydrogens is 432 g/mol. The summed E-state index contributed by atoms with van der Waals surface area (Å²) in [7, 11) is 0. The molecule has 0 aromatic heterocycles. The monoisotopic (exact) mass is 452 g/mol. The molecule has 1 aliphatic rings. The van der Waals surface area contributed by atoms with E-state index in [0.29, 0.717) is 5.75 Å². The zero-order valence-electron chi connectivity index (χ0n) is 14.0. The summed E-state index contributed by atoms with van der Waals surface area (Å²) in [6.07, 6.45) is 0. The fraction of sp³-hybridized carbons (Fsp3) is 0.368. The van der Waals surface area contributed by atoms with E-state index in [9.17, 15) is 5.11 Å². The Labute approximate surface area is 160 Å². The van der Waals surface area contributed by atoms with E-state index in [1.165, 1.54) is 16.8 Å². The SMILES string of the molecule is Cc1ccc(C)c(N2CCN(Cc3cc(Br)cc(Br)c3O)CC2)c1. The Morgan fingerprint density at radius 3 is 2.42 bits per heavy atom. The fourth-order valence-electron chi connectivity index (χ4n) is 3.19. The standard InChI is InChI=1S/C19H22Br2N2O/c1-13-3-4-14(2)18(9-13)23-7-5-22(6-8-23)12-15-10-16(20)11-17(21)19(15)24/h3-4,9-11,24H,5-8,12H2,1-2H3. The highest BCUT2D eigenvalue weighted by Crippen LogP contribution is 2.33. The van der Waals surface area contributed by atoms with Crippen LogP contribution in [-0.2, 0) is 6.54 Å². The number of hydrogen-bond donors (Lipinski definition) is 1. The molecule has 128 valence electrons. The maximum Gasteiger partial charge on any atom is 0.134 e. The summed E-state index contributed by atoms with van der Waals surface area (Å²) in [5.41, 5.74) is 4.95. The molecule has 24 heavy (non-hydrogen) atoms. The number of nitrogens with zero attached hydrogens (tertiary/aromatic N) is 2. The summed E-state index contributed by atoms with van der Waals surface area (Å²) in [6, 6.07) is 10.5. The van der Waals surface area contributed by atoms with Gasteiger partial charge in [0.05, 0.1) is 4.47 Å². The van der Waals surface area contributed by atoms with E-state index in [2.05, 4.69) is 73.7 Å². The van der Waals surface area contributed by atoms with Crippen LogP contribution in [-0.4, -0.2) is 36.2 Å². The molecule has 0 bridgehead atoms. The van der Waals surface area contributed by atoms with Crippen molar-refractivity contribution in [3.8, 4) is 5.75 Å². The van der Waals surface area contributed by atoms with E-state index in [4.69, 9.17) is 0 Å². The number of piperazine rings is 1. The Morgan fingerprint density at radius 2 is 1.71 bits per heavy atom. The minimum atomic E-state index is 0.343. The third-order valence-corrected chi connectivity index (χ3v) is 5.64. The lowest BCUT2D eigenvalue weighted by Gasteiger charge is -2.37. The summed E-state index contributed by atoms with van der Waals surface area (Å²) >= 11 is 6.91. The average Bonchev–Trinajstić information content (AvgIpc) is 2.55. The molecule has 0 aliphatic carbocycles. The summed E-state index contributed by atoms with van der Waals surface area (Å²) in [5.74, 6) is 0.343. The Morgan fingerprint density at radius 1 is 1.00 bits per heavy atom. The molecule has 0 spiro atoms. The molecule has 1 heterocycles. The van der Waals surface area contributed by atoms with Crippen molar-refractivity contribution in [2.45, 2.75) is 20.4 Å². The predicted octanol–water partition coefficient (Wildman–Crippen LogP) is 4.86. The van der Waals surface area contributed by atoms with Crippen molar-refractivity contribution in [2.24, 2.45) is 0 Å². The zero-order valence-corrected chi connectivity index (χ0v) is 17.2. The molecule has 0 unspecified atom stereocenters. The van der Waals surface area contributed by atoms with Crippen LogP contribution in [0.1, 0.15) is 16.7 Å². The van der Waals surface area contributed by atoms with Crippen LogP contribution in [0.25, 0.3) is 0 Å². The molecule has 5 heteroatoms. The Bertz CT molecular complexity index is 740. The van der Waals surface area contributed by atoms with Gasteiger partial charge < -0.3 is 10.0 Å². The quantitative estimate of drug-likeness (QED) is 0.718. The number of phenols is 1. The molecule has 0 amide bonds. The van der Waals surface area contributed by atoms with Gasteiger partial charge in [0.15, 0.2) is 0 Å². The first-order valence-electron chi connectivity index (χ1n) is 8.15. The molecule has 0 radical (unpaired) electrons. The number of hydrogen-bond acceptors (Lipinski definition) is 3. The van der Waals surface area contributed by atoms with Crippen molar-refractivity contribution in [3.63, 3.8) is 0 Å². The third kappa shape index (κ3) is 3.95. The van der Waals surface area contributed by atoms with Gasteiger partial charge in [-0.3, -0.25) is 4.90 Å². The first-order chi connectivity index (χ1) is 11.4. The fourth-order valence-corrected chi connectivity index (χ4v) is 4.50. The van der Waals surface area contributed by atoms with E-state index < -0.39 is 0 Å². The highest BCUT2D eigenvalue weighted by atomic mass is 79.9. The van der Waals surface area contributed by atoms with E-state index in [1.807, 2.05) is 12.1 Å². The number of aromatic hydroxyl groups is 1. The number of halogens is 2. The summed E-state index contributed by atoms with van der Waals surface area (Å²) in [6.45, 7) is 9.12. The number of aryl methyl sites for hydroxylation is 2. The predicted molar refractivity (Wildman–Crippen MR) is 107 cm³/mol. The molecule has 2 aromatic rings. The van der Waals surface area contributed by atoms with Crippen LogP contribution in [0, 0.1) is 13.8 Å². The molecule has 1 saturated heterocycles. The maximum absolute atomic E-state index is 10.2. The number of anilines is 1. The van der Waals surface area contributed by atoms with Crippen LogP contribution in [0.5, 0.6) is 5.75 Å². The smallest absolute Gasteiger partial charge is 0.134 e. The first-order valence-corrected chi connectivity index (χ1v) is 9.74. The molecular formula is C19H22Br2N2O. The molecule has 0 saturated carbocycles. The van der Waals surface area contributed by atoms with Crippen molar-refractivity contribution in [1.82, 2.24) is 4.90 Å². The Hall–Kier alpha value is -1.04. The van der Waals surface area contributed by atoms with Crippen LogP contribution in [0.4, 0.5) is 5.69 Å². The van der Waals surface area contributed by atoms with Crippen molar-refractivity contribution in [1.29, 1.82) is 0 Å². The Balaban J connectivity index is 1.66. The van der Waals surface area contributed by atoms with Crippen LogP contribution >= 0.6 is 31.9 Å². The lowest BCUT2D eigenvalue weighted by molar-refractivity contribution is 0.246. The molecule has 1 fully saturated rings. The summed E-state index contributed by atoms with van der Waals surface area (Å²) < 4.78 is 1.72. The van der Waals surface area contributed by atoms with Crippen LogP contribution < -0.4 is 4.90 Å². The zero-order chi connectivity index (χ0) is 17.3. The molecule has 1 aliphatic heterocycles. The van der Waals surface area contributed by atoms with Gasteiger partial charge in [0.1, 0.15) is 5.75 Å². The lowest BCUT2D eigenvalue weighted by Crippen LogP contribution is -2.46. The number of rotatable bonds is 3.